The average molecular weight is 404 g/mol. The van der Waals surface area contributed by atoms with Crippen molar-refractivity contribution in [3.8, 4) is 0 Å². The maximum Gasteiger partial charge on any atom is 0.416 e. The van der Waals surface area contributed by atoms with Crippen LogP contribution in [0.1, 0.15) is 48.8 Å². The van der Waals surface area contributed by atoms with Crippen LogP contribution in [0, 0.1) is 0 Å². The minimum atomic E-state index is -4.37. The molecule has 0 radical (unpaired) electrons. The number of halogens is 3. The average Bonchev–Trinajstić information content (AvgIpc) is 3.12. The Hall–Kier alpha value is -2.83. The molecule has 1 N–H and O–H groups in total. The Labute approximate surface area is 167 Å². The maximum atomic E-state index is 12.7. The third-order valence-electron chi connectivity index (χ3n) is 5.08. The second-order valence-corrected chi connectivity index (χ2v) is 7.32. The molecule has 0 aliphatic carbocycles. The first-order valence-electron chi connectivity index (χ1n) is 9.57. The van der Waals surface area contributed by atoms with Crippen LogP contribution in [0.5, 0.6) is 0 Å². The van der Waals surface area contributed by atoms with Gasteiger partial charge in [-0.3, -0.25) is 9.59 Å². The highest BCUT2D eigenvalue weighted by Gasteiger charge is 2.30. The van der Waals surface area contributed by atoms with Crippen LogP contribution >= 0.6 is 0 Å². The Morgan fingerprint density at radius 1 is 1.17 bits per heavy atom. The lowest BCUT2D eigenvalue weighted by Crippen LogP contribution is -2.25. The van der Waals surface area contributed by atoms with E-state index in [0.717, 1.165) is 29.8 Å². The summed E-state index contributed by atoms with van der Waals surface area (Å²) in [6.07, 6.45) is -2.78. The molecule has 0 saturated carbocycles. The Bertz CT molecular complexity index is 878. The SMILES string of the molecule is CC(CC(=O)NCc1cccc(N2CCCC2=O)c1)c1ccc(C(F)(F)F)cc1. The first kappa shape index (κ1) is 20.9. The van der Waals surface area contributed by atoms with Gasteiger partial charge in [-0.15, -0.1) is 0 Å². The van der Waals surface area contributed by atoms with E-state index in [9.17, 15) is 22.8 Å². The highest BCUT2D eigenvalue weighted by molar-refractivity contribution is 5.95. The van der Waals surface area contributed by atoms with E-state index in [2.05, 4.69) is 5.32 Å². The quantitative estimate of drug-likeness (QED) is 0.762. The molecular formula is C22H23F3N2O2. The number of rotatable bonds is 6. The van der Waals surface area contributed by atoms with Gasteiger partial charge in [0.1, 0.15) is 0 Å². The molecule has 0 aromatic heterocycles. The van der Waals surface area contributed by atoms with Crippen LogP contribution in [0.4, 0.5) is 18.9 Å². The van der Waals surface area contributed by atoms with Gasteiger partial charge >= 0.3 is 6.18 Å². The molecule has 0 bridgehead atoms. The standard InChI is InChI=1S/C22H23F3N2O2/c1-15(17-7-9-18(10-8-17)22(23,24)25)12-20(28)26-14-16-4-2-5-19(13-16)27-11-3-6-21(27)29/h2,4-5,7-10,13,15H,3,6,11-12,14H2,1H3,(H,26,28). The number of amides is 2. The number of hydrogen-bond donors (Lipinski definition) is 1. The van der Waals surface area contributed by atoms with Crippen molar-refractivity contribution < 1.29 is 22.8 Å². The predicted octanol–water partition coefficient (Wildman–Crippen LogP) is 4.64. The summed E-state index contributed by atoms with van der Waals surface area (Å²) in [5.41, 5.74) is 1.70. The highest BCUT2D eigenvalue weighted by Crippen LogP contribution is 2.30. The van der Waals surface area contributed by atoms with Gasteiger partial charge in [0, 0.05) is 31.6 Å². The molecule has 4 nitrogen and oxygen atoms in total. The van der Waals surface area contributed by atoms with Gasteiger partial charge in [0.25, 0.3) is 0 Å². The van der Waals surface area contributed by atoms with Gasteiger partial charge in [-0.1, -0.05) is 31.2 Å². The minimum Gasteiger partial charge on any atom is -0.352 e. The van der Waals surface area contributed by atoms with E-state index in [1.807, 2.05) is 31.2 Å². The summed E-state index contributed by atoms with van der Waals surface area (Å²) in [7, 11) is 0. The van der Waals surface area contributed by atoms with Crippen molar-refractivity contribution >= 4 is 17.5 Å². The summed E-state index contributed by atoms with van der Waals surface area (Å²) in [6, 6.07) is 12.4. The molecule has 1 atom stereocenters. The van der Waals surface area contributed by atoms with E-state index in [1.165, 1.54) is 12.1 Å². The fourth-order valence-electron chi connectivity index (χ4n) is 3.42. The summed E-state index contributed by atoms with van der Waals surface area (Å²) < 4.78 is 38.0. The number of carbonyl (C=O) groups excluding carboxylic acids is 2. The van der Waals surface area contributed by atoms with Crippen LogP contribution in [-0.2, 0) is 22.3 Å². The van der Waals surface area contributed by atoms with E-state index in [-0.39, 0.29) is 24.2 Å². The first-order valence-corrected chi connectivity index (χ1v) is 9.57. The number of alkyl halides is 3. The topological polar surface area (TPSA) is 49.4 Å². The first-order chi connectivity index (χ1) is 13.7. The Balaban J connectivity index is 1.54. The third-order valence-corrected chi connectivity index (χ3v) is 5.08. The molecule has 154 valence electrons. The van der Waals surface area contributed by atoms with E-state index in [4.69, 9.17) is 0 Å². The smallest absolute Gasteiger partial charge is 0.352 e. The van der Waals surface area contributed by atoms with Crippen molar-refractivity contribution in [2.75, 3.05) is 11.4 Å². The van der Waals surface area contributed by atoms with Gasteiger partial charge in [-0.25, -0.2) is 0 Å². The summed E-state index contributed by atoms with van der Waals surface area (Å²) in [6.45, 7) is 2.84. The van der Waals surface area contributed by atoms with Gasteiger partial charge in [0.15, 0.2) is 0 Å². The van der Waals surface area contributed by atoms with Crippen LogP contribution in [0.25, 0.3) is 0 Å². The second kappa shape index (κ2) is 8.68. The zero-order valence-corrected chi connectivity index (χ0v) is 16.1. The number of nitrogens with one attached hydrogen (secondary N) is 1. The zero-order valence-electron chi connectivity index (χ0n) is 16.1. The lowest BCUT2D eigenvalue weighted by molar-refractivity contribution is -0.137. The van der Waals surface area contributed by atoms with E-state index in [0.29, 0.717) is 25.1 Å². The highest BCUT2D eigenvalue weighted by atomic mass is 19.4. The van der Waals surface area contributed by atoms with Crippen molar-refractivity contribution in [1.82, 2.24) is 5.32 Å². The number of hydrogen-bond acceptors (Lipinski definition) is 2. The minimum absolute atomic E-state index is 0.108. The van der Waals surface area contributed by atoms with Crippen LogP contribution in [0.3, 0.4) is 0 Å². The largest absolute Gasteiger partial charge is 0.416 e. The van der Waals surface area contributed by atoms with Gasteiger partial charge in [-0.05, 0) is 47.7 Å². The van der Waals surface area contributed by atoms with Crippen LogP contribution in [0.15, 0.2) is 48.5 Å². The monoisotopic (exact) mass is 404 g/mol. The number of nitrogens with zero attached hydrogens (tertiary/aromatic N) is 1. The van der Waals surface area contributed by atoms with Crippen molar-refractivity contribution in [2.24, 2.45) is 0 Å². The fraction of sp³-hybridized carbons (Fsp3) is 0.364. The Kier molecular flexibility index (Phi) is 6.25. The van der Waals surface area contributed by atoms with E-state index in [1.54, 1.807) is 4.90 Å². The fourth-order valence-corrected chi connectivity index (χ4v) is 3.42. The number of anilines is 1. The van der Waals surface area contributed by atoms with Crippen molar-refractivity contribution in [1.29, 1.82) is 0 Å². The molecule has 1 saturated heterocycles. The number of benzene rings is 2. The van der Waals surface area contributed by atoms with E-state index >= 15 is 0 Å². The lowest BCUT2D eigenvalue weighted by Gasteiger charge is -2.17. The molecule has 1 aliphatic rings. The van der Waals surface area contributed by atoms with E-state index < -0.39 is 11.7 Å². The zero-order chi connectivity index (χ0) is 21.0. The number of carbonyl (C=O) groups is 2. The molecule has 1 fully saturated rings. The molecule has 2 aromatic carbocycles. The lowest BCUT2D eigenvalue weighted by atomic mass is 9.96. The van der Waals surface area contributed by atoms with Gasteiger partial charge < -0.3 is 10.2 Å². The summed E-state index contributed by atoms with van der Waals surface area (Å²) in [5.74, 6) is -0.276. The molecule has 1 aliphatic heterocycles. The van der Waals surface area contributed by atoms with Crippen LogP contribution in [-0.4, -0.2) is 18.4 Å². The normalized spacial score (nSPS) is 15.4. The predicted molar refractivity (Wildman–Crippen MR) is 104 cm³/mol. The summed E-state index contributed by atoms with van der Waals surface area (Å²) in [4.78, 5) is 25.9. The molecule has 29 heavy (non-hydrogen) atoms. The molecule has 1 unspecified atom stereocenters. The van der Waals surface area contributed by atoms with Crippen LogP contribution < -0.4 is 10.2 Å². The molecule has 3 rings (SSSR count). The van der Waals surface area contributed by atoms with Gasteiger partial charge in [0.2, 0.25) is 11.8 Å². The molecule has 0 spiro atoms. The van der Waals surface area contributed by atoms with Crippen molar-refractivity contribution in [3.63, 3.8) is 0 Å². The van der Waals surface area contributed by atoms with Gasteiger partial charge in [-0.2, -0.15) is 13.2 Å². The molecule has 7 heteroatoms. The van der Waals surface area contributed by atoms with Crippen molar-refractivity contribution in [3.05, 3.63) is 65.2 Å². The molecule has 2 aromatic rings. The Morgan fingerprint density at radius 2 is 1.90 bits per heavy atom. The third kappa shape index (κ3) is 5.37. The van der Waals surface area contributed by atoms with Crippen molar-refractivity contribution in [2.45, 2.75) is 44.8 Å². The van der Waals surface area contributed by atoms with Crippen LogP contribution in [0.2, 0.25) is 0 Å². The Morgan fingerprint density at radius 3 is 2.52 bits per heavy atom. The van der Waals surface area contributed by atoms with Gasteiger partial charge in [0.05, 0.1) is 5.56 Å². The summed E-state index contributed by atoms with van der Waals surface area (Å²) in [5, 5.41) is 2.84. The molecular weight excluding hydrogens is 381 g/mol. The molecule has 1 heterocycles. The summed E-state index contributed by atoms with van der Waals surface area (Å²) >= 11 is 0. The second-order valence-electron chi connectivity index (χ2n) is 7.32. The maximum absolute atomic E-state index is 12.7. The molecule has 2 amide bonds.